The number of anilines is 4. The molecule has 0 bridgehead atoms. The second kappa shape index (κ2) is 7.11. The number of amides is 1. The monoisotopic (exact) mass is 358 g/mol. The number of carbonyl (C=O) groups excluding carboxylic acids is 1. The van der Waals surface area contributed by atoms with E-state index in [0.29, 0.717) is 12.1 Å². The van der Waals surface area contributed by atoms with Crippen LogP contribution >= 0.6 is 0 Å². The molecule has 0 spiro atoms. The Labute approximate surface area is 159 Å². The van der Waals surface area contributed by atoms with E-state index in [2.05, 4.69) is 21.3 Å². The highest BCUT2D eigenvalue weighted by Crippen LogP contribution is 2.29. The Morgan fingerprint density at radius 2 is 1.81 bits per heavy atom. The minimum absolute atomic E-state index is 0.0148. The van der Waals surface area contributed by atoms with Crippen LogP contribution in [0.25, 0.3) is 0 Å². The Kier molecular flexibility index (Phi) is 4.50. The van der Waals surface area contributed by atoms with Gasteiger partial charge in [-0.05, 0) is 48.4 Å². The smallest absolute Gasteiger partial charge is 0.259 e. The van der Waals surface area contributed by atoms with Crippen molar-refractivity contribution in [2.24, 2.45) is 0 Å². The number of nitrogens with one attached hydrogen (secondary N) is 1. The van der Waals surface area contributed by atoms with Gasteiger partial charge in [0, 0.05) is 43.9 Å². The molecule has 1 aliphatic rings. The van der Waals surface area contributed by atoms with Gasteiger partial charge in [-0.15, -0.1) is 0 Å². The van der Waals surface area contributed by atoms with Crippen LogP contribution in [0.5, 0.6) is 0 Å². The largest absolute Gasteiger partial charge is 0.378 e. The van der Waals surface area contributed by atoms with Crippen molar-refractivity contribution in [1.82, 2.24) is 4.98 Å². The van der Waals surface area contributed by atoms with Crippen molar-refractivity contribution >= 4 is 28.7 Å². The standard InChI is InChI=1S/C22H22N4O/c1-25(2)20-9-7-18(8-10-20)24-19-13-17(14-23-15-19)22(27)26-12-11-16-5-3-4-6-21(16)26/h3-10,13-15,24H,11-12H2,1-2H3. The van der Waals surface area contributed by atoms with Crippen LogP contribution in [0.2, 0.25) is 0 Å². The van der Waals surface area contributed by atoms with E-state index in [9.17, 15) is 4.79 Å². The highest BCUT2D eigenvalue weighted by molar-refractivity contribution is 6.07. The average Bonchev–Trinajstić information content (AvgIpc) is 3.12. The van der Waals surface area contributed by atoms with Crippen LogP contribution in [0.15, 0.2) is 67.0 Å². The summed E-state index contributed by atoms with van der Waals surface area (Å²) in [5.41, 5.74) is 5.69. The summed E-state index contributed by atoms with van der Waals surface area (Å²) in [4.78, 5) is 21.1. The number of benzene rings is 2. The molecule has 1 aromatic heterocycles. The van der Waals surface area contributed by atoms with Gasteiger partial charge in [0.05, 0.1) is 17.4 Å². The average molecular weight is 358 g/mol. The molecule has 0 atom stereocenters. The van der Waals surface area contributed by atoms with Crippen molar-refractivity contribution in [3.05, 3.63) is 78.1 Å². The van der Waals surface area contributed by atoms with Gasteiger partial charge in [0.15, 0.2) is 0 Å². The van der Waals surface area contributed by atoms with Crippen molar-refractivity contribution in [1.29, 1.82) is 0 Å². The third kappa shape index (κ3) is 3.49. The van der Waals surface area contributed by atoms with Crippen molar-refractivity contribution in [2.75, 3.05) is 35.8 Å². The molecule has 3 aromatic rings. The second-order valence-corrected chi connectivity index (χ2v) is 6.86. The lowest BCUT2D eigenvalue weighted by Gasteiger charge is -2.18. The van der Waals surface area contributed by atoms with Crippen molar-refractivity contribution in [2.45, 2.75) is 6.42 Å². The first-order chi connectivity index (χ1) is 13.1. The summed E-state index contributed by atoms with van der Waals surface area (Å²) < 4.78 is 0. The molecule has 5 nitrogen and oxygen atoms in total. The summed E-state index contributed by atoms with van der Waals surface area (Å²) in [5, 5.41) is 3.32. The van der Waals surface area contributed by atoms with Crippen LogP contribution in [0.3, 0.4) is 0 Å². The van der Waals surface area contributed by atoms with Crippen molar-refractivity contribution < 1.29 is 4.79 Å². The van der Waals surface area contributed by atoms with E-state index in [-0.39, 0.29) is 5.91 Å². The Morgan fingerprint density at radius 3 is 2.59 bits per heavy atom. The number of hydrogen-bond donors (Lipinski definition) is 1. The quantitative estimate of drug-likeness (QED) is 0.763. The van der Waals surface area contributed by atoms with E-state index < -0.39 is 0 Å². The molecule has 1 aliphatic heterocycles. The summed E-state index contributed by atoms with van der Waals surface area (Å²) in [6.07, 6.45) is 4.25. The number of nitrogens with zero attached hydrogens (tertiary/aromatic N) is 3. The Morgan fingerprint density at radius 1 is 1.04 bits per heavy atom. The number of rotatable bonds is 4. The summed E-state index contributed by atoms with van der Waals surface area (Å²) in [5.74, 6) is -0.0148. The zero-order valence-electron chi connectivity index (χ0n) is 15.5. The molecule has 1 N–H and O–H groups in total. The topological polar surface area (TPSA) is 48.5 Å². The fourth-order valence-corrected chi connectivity index (χ4v) is 3.34. The Balaban J connectivity index is 1.53. The van der Waals surface area contributed by atoms with Crippen LogP contribution in [0.4, 0.5) is 22.7 Å². The molecule has 27 heavy (non-hydrogen) atoms. The molecular formula is C22H22N4O. The van der Waals surface area contributed by atoms with E-state index >= 15 is 0 Å². The third-order valence-corrected chi connectivity index (χ3v) is 4.79. The molecule has 0 saturated carbocycles. The SMILES string of the molecule is CN(C)c1ccc(Nc2cncc(C(=O)N3CCc4ccccc43)c2)cc1. The van der Waals surface area contributed by atoms with Crippen LogP contribution in [0.1, 0.15) is 15.9 Å². The van der Waals surface area contributed by atoms with E-state index in [1.54, 1.807) is 12.4 Å². The predicted octanol–water partition coefficient (Wildman–Crippen LogP) is 4.09. The van der Waals surface area contributed by atoms with Crippen LogP contribution in [-0.2, 0) is 6.42 Å². The van der Waals surface area contributed by atoms with Crippen LogP contribution in [-0.4, -0.2) is 31.5 Å². The molecule has 2 aromatic carbocycles. The Bertz CT molecular complexity index is 966. The molecule has 0 aliphatic carbocycles. The first kappa shape index (κ1) is 17.1. The van der Waals surface area contributed by atoms with Crippen molar-refractivity contribution in [3.63, 3.8) is 0 Å². The van der Waals surface area contributed by atoms with Gasteiger partial charge in [0.2, 0.25) is 0 Å². The summed E-state index contributed by atoms with van der Waals surface area (Å²) in [6.45, 7) is 0.710. The first-order valence-corrected chi connectivity index (χ1v) is 9.01. The number of aromatic nitrogens is 1. The normalized spacial score (nSPS) is 12.6. The third-order valence-electron chi connectivity index (χ3n) is 4.79. The fraction of sp³-hybridized carbons (Fsp3) is 0.182. The zero-order chi connectivity index (χ0) is 18.8. The van der Waals surface area contributed by atoms with Gasteiger partial charge in [-0.1, -0.05) is 18.2 Å². The minimum atomic E-state index is -0.0148. The number of carbonyl (C=O) groups is 1. The van der Waals surface area contributed by atoms with E-state index in [1.807, 2.05) is 67.5 Å². The van der Waals surface area contributed by atoms with Gasteiger partial charge in [-0.25, -0.2) is 0 Å². The first-order valence-electron chi connectivity index (χ1n) is 9.01. The summed E-state index contributed by atoms with van der Waals surface area (Å²) in [6, 6.07) is 18.0. The van der Waals surface area contributed by atoms with Crippen molar-refractivity contribution in [3.8, 4) is 0 Å². The van der Waals surface area contributed by atoms with Gasteiger partial charge >= 0.3 is 0 Å². The molecule has 1 amide bonds. The maximum absolute atomic E-state index is 13.0. The lowest BCUT2D eigenvalue weighted by molar-refractivity contribution is 0.0989. The van der Waals surface area contributed by atoms with Gasteiger partial charge in [0.1, 0.15) is 0 Å². The van der Waals surface area contributed by atoms with E-state index in [0.717, 1.165) is 29.2 Å². The summed E-state index contributed by atoms with van der Waals surface area (Å²) in [7, 11) is 4.02. The molecular weight excluding hydrogens is 336 g/mol. The minimum Gasteiger partial charge on any atom is -0.378 e. The highest BCUT2D eigenvalue weighted by atomic mass is 16.2. The molecule has 0 saturated heterocycles. The number of fused-ring (bicyclic) bond motifs is 1. The van der Waals surface area contributed by atoms with Gasteiger partial charge in [-0.2, -0.15) is 0 Å². The number of hydrogen-bond acceptors (Lipinski definition) is 4. The van der Waals surface area contributed by atoms with Crippen LogP contribution < -0.4 is 15.1 Å². The lowest BCUT2D eigenvalue weighted by atomic mass is 10.2. The maximum Gasteiger partial charge on any atom is 0.259 e. The van der Waals surface area contributed by atoms with E-state index in [1.165, 1.54) is 5.56 Å². The molecule has 0 radical (unpaired) electrons. The molecule has 4 rings (SSSR count). The molecule has 0 unspecified atom stereocenters. The number of pyridine rings is 1. The zero-order valence-corrected chi connectivity index (χ0v) is 15.5. The highest BCUT2D eigenvalue weighted by Gasteiger charge is 2.25. The molecule has 136 valence electrons. The predicted molar refractivity (Wildman–Crippen MR) is 110 cm³/mol. The number of para-hydroxylation sites is 1. The van der Waals surface area contributed by atoms with Gasteiger partial charge < -0.3 is 15.1 Å². The molecule has 5 heteroatoms. The molecule has 0 fully saturated rings. The van der Waals surface area contributed by atoms with Crippen LogP contribution in [0, 0.1) is 0 Å². The summed E-state index contributed by atoms with van der Waals surface area (Å²) >= 11 is 0. The lowest BCUT2D eigenvalue weighted by Crippen LogP contribution is -2.29. The van der Waals surface area contributed by atoms with E-state index in [4.69, 9.17) is 0 Å². The van der Waals surface area contributed by atoms with Gasteiger partial charge in [-0.3, -0.25) is 9.78 Å². The van der Waals surface area contributed by atoms with Gasteiger partial charge in [0.25, 0.3) is 5.91 Å². The maximum atomic E-state index is 13.0. The Hall–Kier alpha value is -3.34. The molecule has 2 heterocycles. The fourth-order valence-electron chi connectivity index (χ4n) is 3.34. The second-order valence-electron chi connectivity index (χ2n) is 6.86.